The Hall–Kier alpha value is -1.31. The SMILES string of the molecule is C.CC(C)NC(=O)c1ccccc1. The number of hydrogen-bond donors (Lipinski definition) is 1. The molecule has 1 aromatic carbocycles. The molecule has 1 aromatic rings. The Bertz CT molecular complexity index is 254. The highest BCUT2D eigenvalue weighted by molar-refractivity contribution is 5.94. The van der Waals surface area contributed by atoms with Crippen LogP contribution in [0.25, 0.3) is 0 Å². The standard InChI is InChI=1S/C10H13NO.CH4/c1-8(2)11-10(12)9-6-4-3-5-7-9;/h3-8H,1-2H3,(H,11,12);1H4. The van der Waals surface area contributed by atoms with Gasteiger partial charge in [-0.1, -0.05) is 25.6 Å². The van der Waals surface area contributed by atoms with Gasteiger partial charge >= 0.3 is 0 Å². The van der Waals surface area contributed by atoms with Gasteiger partial charge in [-0.25, -0.2) is 0 Å². The van der Waals surface area contributed by atoms with E-state index in [9.17, 15) is 4.79 Å². The molecule has 72 valence electrons. The maximum Gasteiger partial charge on any atom is 0.251 e. The first kappa shape index (κ1) is 11.7. The van der Waals surface area contributed by atoms with Crippen LogP contribution in [0.4, 0.5) is 0 Å². The highest BCUT2D eigenvalue weighted by Crippen LogP contribution is 1.98. The van der Waals surface area contributed by atoms with Crippen molar-refractivity contribution in [3.8, 4) is 0 Å². The minimum atomic E-state index is -0.00870. The van der Waals surface area contributed by atoms with Crippen molar-refractivity contribution in [1.82, 2.24) is 5.32 Å². The Morgan fingerprint density at radius 2 is 1.77 bits per heavy atom. The third-order valence-corrected chi connectivity index (χ3v) is 1.46. The van der Waals surface area contributed by atoms with Gasteiger partial charge in [0.1, 0.15) is 0 Å². The summed E-state index contributed by atoms with van der Waals surface area (Å²) in [5.41, 5.74) is 0.714. The average molecular weight is 179 g/mol. The molecule has 2 heteroatoms. The van der Waals surface area contributed by atoms with Crippen LogP contribution in [0.1, 0.15) is 31.6 Å². The van der Waals surface area contributed by atoms with E-state index in [1.807, 2.05) is 32.0 Å². The number of rotatable bonds is 2. The number of benzene rings is 1. The van der Waals surface area contributed by atoms with E-state index >= 15 is 0 Å². The molecule has 0 radical (unpaired) electrons. The molecule has 1 amide bonds. The molecule has 0 fully saturated rings. The van der Waals surface area contributed by atoms with Gasteiger partial charge < -0.3 is 5.32 Å². The maximum atomic E-state index is 11.3. The molecule has 1 N–H and O–H groups in total. The summed E-state index contributed by atoms with van der Waals surface area (Å²) < 4.78 is 0. The first-order valence-electron chi connectivity index (χ1n) is 4.06. The lowest BCUT2D eigenvalue weighted by Crippen LogP contribution is -2.29. The Kier molecular flexibility index (Phi) is 4.82. The molecule has 0 saturated carbocycles. The van der Waals surface area contributed by atoms with Crippen LogP contribution in [0.2, 0.25) is 0 Å². The fourth-order valence-electron chi connectivity index (χ4n) is 0.935. The third-order valence-electron chi connectivity index (χ3n) is 1.46. The van der Waals surface area contributed by atoms with Crippen LogP contribution in [0.15, 0.2) is 30.3 Å². The van der Waals surface area contributed by atoms with Gasteiger partial charge in [0, 0.05) is 11.6 Å². The van der Waals surface area contributed by atoms with Gasteiger partial charge in [-0.05, 0) is 26.0 Å². The van der Waals surface area contributed by atoms with Crippen LogP contribution in [-0.2, 0) is 0 Å². The van der Waals surface area contributed by atoms with Gasteiger partial charge in [0.25, 0.3) is 5.91 Å². The quantitative estimate of drug-likeness (QED) is 0.742. The molecule has 0 aliphatic rings. The molecular formula is C11H17NO. The van der Waals surface area contributed by atoms with Crippen LogP contribution >= 0.6 is 0 Å². The third kappa shape index (κ3) is 3.74. The van der Waals surface area contributed by atoms with Crippen LogP contribution in [0.3, 0.4) is 0 Å². The second-order valence-corrected chi connectivity index (χ2v) is 2.99. The Morgan fingerprint density at radius 3 is 2.23 bits per heavy atom. The topological polar surface area (TPSA) is 29.1 Å². The number of carbonyl (C=O) groups excluding carboxylic acids is 1. The summed E-state index contributed by atoms with van der Waals surface area (Å²) in [7, 11) is 0. The van der Waals surface area contributed by atoms with E-state index in [4.69, 9.17) is 0 Å². The van der Waals surface area contributed by atoms with E-state index < -0.39 is 0 Å². The monoisotopic (exact) mass is 179 g/mol. The van der Waals surface area contributed by atoms with Gasteiger partial charge in [-0.2, -0.15) is 0 Å². The van der Waals surface area contributed by atoms with Crippen LogP contribution in [-0.4, -0.2) is 11.9 Å². The Balaban J connectivity index is 0.00000144. The molecule has 0 aliphatic heterocycles. The van der Waals surface area contributed by atoms with Gasteiger partial charge in [0.15, 0.2) is 0 Å². The lowest BCUT2D eigenvalue weighted by Gasteiger charge is -2.07. The van der Waals surface area contributed by atoms with E-state index in [0.717, 1.165) is 0 Å². The van der Waals surface area contributed by atoms with Crippen molar-refractivity contribution in [3.05, 3.63) is 35.9 Å². The Labute approximate surface area is 80.0 Å². The van der Waals surface area contributed by atoms with E-state index in [1.165, 1.54) is 0 Å². The smallest absolute Gasteiger partial charge is 0.251 e. The molecule has 1 rings (SSSR count). The van der Waals surface area contributed by atoms with E-state index in [-0.39, 0.29) is 19.4 Å². The van der Waals surface area contributed by atoms with E-state index in [1.54, 1.807) is 12.1 Å². The zero-order valence-corrected chi connectivity index (χ0v) is 7.37. The molecule has 13 heavy (non-hydrogen) atoms. The molecule has 0 saturated heterocycles. The normalized spacial score (nSPS) is 9.15. The maximum absolute atomic E-state index is 11.3. The minimum Gasteiger partial charge on any atom is -0.350 e. The summed E-state index contributed by atoms with van der Waals surface area (Å²) in [5.74, 6) is -0.00870. The zero-order chi connectivity index (χ0) is 8.97. The summed E-state index contributed by atoms with van der Waals surface area (Å²) in [5, 5.41) is 2.82. The summed E-state index contributed by atoms with van der Waals surface area (Å²) in [6, 6.07) is 9.41. The molecule has 2 nitrogen and oxygen atoms in total. The molecular weight excluding hydrogens is 162 g/mol. The van der Waals surface area contributed by atoms with Crippen molar-refractivity contribution in [2.45, 2.75) is 27.3 Å². The van der Waals surface area contributed by atoms with Crippen molar-refractivity contribution < 1.29 is 4.79 Å². The van der Waals surface area contributed by atoms with Crippen molar-refractivity contribution in [2.24, 2.45) is 0 Å². The lowest BCUT2D eigenvalue weighted by atomic mass is 10.2. The predicted octanol–water partition coefficient (Wildman–Crippen LogP) is 2.46. The average Bonchev–Trinajstić information content (AvgIpc) is 2.05. The van der Waals surface area contributed by atoms with Gasteiger partial charge in [0.05, 0.1) is 0 Å². The van der Waals surface area contributed by atoms with E-state index in [0.29, 0.717) is 5.56 Å². The van der Waals surface area contributed by atoms with Gasteiger partial charge in [-0.15, -0.1) is 0 Å². The van der Waals surface area contributed by atoms with Crippen LogP contribution in [0.5, 0.6) is 0 Å². The van der Waals surface area contributed by atoms with Gasteiger partial charge in [0.2, 0.25) is 0 Å². The van der Waals surface area contributed by atoms with Crippen molar-refractivity contribution in [3.63, 3.8) is 0 Å². The summed E-state index contributed by atoms with van der Waals surface area (Å²) in [6.45, 7) is 3.89. The van der Waals surface area contributed by atoms with Crippen molar-refractivity contribution in [2.75, 3.05) is 0 Å². The highest BCUT2D eigenvalue weighted by atomic mass is 16.1. The zero-order valence-electron chi connectivity index (χ0n) is 7.37. The summed E-state index contributed by atoms with van der Waals surface area (Å²) in [6.07, 6.45) is 0. The predicted molar refractivity (Wildman–Crippen MR) is 55.8 cm³/mol. The molecule has 0 aromatic heterocycles. The summed E-state index contributed by atoms with van der Waals surface area (Å²) in [4.78, 5) is 11.3. The fraction of sp³-hybridized carbons (Fsp3) is 0.364. The number of carbonyl (C=O) groups is 1. The minimum absolute atomic E-state index is 0. The van der Waals surface area contributed by atoms with Crippen LogP contribution in [0, 0.1) is 0 Å². The lowest BCUT2D eigenvalue weighted by molar-refractivity contribution is 0.0943. The largest absolute Gasteiger partial charge is 0.350 e. The highest BCUT2D eigenvalue weighted by Gasteiger charge is 2.04. The second kappa shape index (κ2) is 5.36. The Morgan fingerprint density at radius 1 is 1.23 bits per heavy atom. The van der Waals surface area contributed by atoms with Crippen molar-refractivity contribution >= 4 is 5.91 Å². The number of nitrogens with one attached hydrogen (secondary N) is 1. The van der Waals surface area contributed by atoms with Crippen molar-refractivity contribution in [1.29, 1.82) is 0 Å². The molecule has 0 heterocycles. The van der Waals surface area contributed by atoms with Crippen LogP contribution < -0.4 is 5.32 Å². The number of hydrogen-bond acceptors (Lipinski definition) is 1. The molecule has 0 atom stereocenters. The first-order chi connectivity index (χ1) is 5.70. The molecule has 0 unspecified atom stereocenters. The second-order valence-electron chi connectivity index (χ2n) is 2.99. The summed E-state index contributed by atoms with van der Waals surface area (Å²) >= 11 is 0. The fourth-order valence-corrected chi connectivity index (χ4v) is 0.935. The molecule has 0 aliphatic carbocycles. The first-order valence-corrected chi connectivity index (χ1v) is 4.06. The number of amides is 1. The molecule has 0 spiro atoms. The van der Waals surface area contributed by atoms with Gasteiger partial charge in [-0.3, -0.25) is 4.79 Å². The molecule has 0 bridgehead atoms. The van der Waals surface area contributed by atoms with E-state index in [2.05, 4.69) is 5.32 Å².